The van der Waals surface area contributed by atoms with E-state index < -0.39 is 0 Å². The van der Waals surface area contributed by atoms with Crippen LogP contribution in [-0.4, -0.2) is 28.0 Å². The predicted octanol–water partition coefficient (Wildman–Crippen LogP) is 2.59. The summed E-state index contributed by atoms with van der Waals surface area (Å²) in [6, 6.07) is 11.5. The van der Waals surface area contributed by atoms with Gasteiger partial charge >= 0.3 is 0 Å². The first-order valence-electron chi connectivity index (χ1n) is 6.58. The van der Waals surface area contributed by atoms with Crippen molar-refractivity contribution in [2.24, 2.45) is 0 Å². The van der Waals surface area contributed by atoms with Crippen LogP contribution in [0.15, 0.2) is 36.5 Å². The lowest BCUT2D eigenvalue weighted by Crippen LogP contribution is -2.28. The molecule has 0 N–H and O–H groups in total. The van der Waals surface area contributed by atoms with Gasteiger partial charge in [0.25, 0.3) is 0 Å². The van der Waals surface area contributed by atoms with E-state index in [1.807, 2.05) is 29.2 Å². The molecule has 2 aromatic heterocycles. The van der Waals surface area contributed by atoms with Crippen LogP contribution in [0.25, 0.3) is 0 Å². The third-order valence-corrected chi connectivity index (χ3v) is 3.50. The molecule has 0 aromatic carbocycles. The Morgan fingerprint density at radius 3 is 3.05 bits per heavy atom. The fourth-order valence-electron chi connectivity index (χ4n) is 2.32. The molecule has 1 aliphatic rings. The zero-order valence-electron chi connectivity index (χ0n) is 11.2. The average molecular weight is 301 g/mol. The maximum absolute atomic E-state index is 8.97. The molecule has 0 aliphatic carbocycles. The fraction of sp³-hybridized carbons (Fsp3) is 0.267. The predicted molar refractivity (Wildman–Crippen MR) is 77.7 cm³/mol. The number of halogens is 1. The Balaban J connectivity index is 1.97. The average Bonchev–Trinajstić information content (AvgIpc) is 2.67. The molecule has 3 heterocycles. The first-order valence-corrected chi connectivity index (χ1v) is 6.96. The summed E-state index contributed by atoms with van der Waals surface area (Å²) in [4.78, 5) is 10.6. The van der Waals surface area contributed by atoms with Gasteiger partial charge in [-0.2, -0.15) is 5.26 Å². The van der Waals surface area contributed by atoms with E-state index in [1.54, 1.807) is 12.3 Å². The molecule has 0 spiro atoms. The zero-order chi connectivity index (χ0) is 14.7. The summed E-state index contributed by atoms with van der Waals surface area (Å²) in [5.74, 6) is 0.513. The molecule has 6 heteroatoms. The molecule has 3 rings (SSSR count). The summed E-state index contributed by atoms with van der Waals surface area (Å²) in [6.45, 7) is 1.52. The molecule has 106 valence electrons. The smallest absolute Gasteiger partial charge is 0.220 e. The van der Waals surface area contributed by atoms with Crippen LogP contribution in [0.1, 0.15) is 17.4 Å². The number of nitriles is 1. The van der Waals surface area contributed by atoms with Gasteiger partial charge in [-0.05, 0) is 24.3 Å². The van der Waals surface area contributed by atoms with Gasteiger partial charge < -0.3 is 4.74 Å². The SMILES string of the molecule is N#CCN1Cc2ccc(Cl)nc2OC(c2ccccn2)C1. The van der Waals surface area contributed by atoms with Crippen LogP contribution >= 0.6 is 11.6 Å². The molecular weight excluding hydrogens is 288 g/mol. The minimum Gasteiger partial charge on any atom is -0.466 e. The van der Waals surface area contributed by atoms with Crippen LogP contribution in [0.5, 0.6) is 5.88 Å². The van der Waals surface area contributed by atoms with Gasteiger partial charge in [0.05, 0.1) is 18.3 Å². The van der Waals surface area contributed by atoms with Gasteiger partial charge in [-0.15, -0.1) is 0 Å². The van der Waals surface area contributed by atoms with Gasteiger partial charge in [-0.25, -0.2) is 4.98 Å². The van der Waals surface area contributed by atoms with Crippen molar-refractivity contribution in [1.29, 1.82) is 5.26 Å². The number of ether oxygens (including phenoxy) is 1. The van der Waals surface area contributed by atoms with Crippen molar-refractivity contribution in [3.63, 3.8) is 0 Å². The van der Waals surface area contributed by atoms with E-state index in [9.17, 15) is 0 Å². The highest BCUT2D eigenvalue weighted by molar-refractivity contribution is 6.29. The summed E-state index contributed by atoms with van der Waals surface area (Å²) < 4.78 is 5.99. The molecule has 2 aromatic rings. The second-order valence-electron chi connectivity index (χ2n) is 4.79. The molecule has 0 amide bonds. The largest absolute Gasteiger partial charge is 0.466 e. The van der Waals surface area contributed by atoms with E-state index in [-0.39, 0.29) is 6.10 Å². The Hall–Kier alpha value is -2.16. The Labute approximate surface area is 127 Å². The lowest BCUT2D eigenvalue weighted by atomic mass is 10.2. The lowest BCUT2D eigenvalue weighted by molar-refractivity contribution is 0.149. The van der Waals surface area contributed by atoms with Crippen LogP contribution in [0.2, 0.25) is 5.15 Å². The van der Waals surface area contributed by atoms with Crippen molar-refractivity contribution in [3.8, 4) is 11.9 Å². The Bertz CT molecular complexity index is 671. The van der Waals surface area contributed by atoms with Gasteiger partial charge in [0.15, 0.2) is 6.10 Å². The number of pyridine rings is 2. The van der Waals surface area contributed by atoms with E-state index in [0.717, 1.165) is 11.3 Å². The van der Waals surface area contributed by atoms with Crippen LogP contribution in [0.4, 0.5) is 0 Å². The molecule has 0 bridgehead atoms. The number of nitrogens with zero attached hydrogens (tertiary/aromatic N) is 4. The molecule has 1 aliphatic heterocycles. The third-order valence-electron chi connectivity index (χ3n) is 3.29. The highest BCUT2D eigenvalue weighted by atomic mass is 35.5. The zero-order valence-corrected chi connectivity index (χ0v) is 12.0. The van der Waals surface area contributed by atoms with Crippen LogP contribution in [-0.2, 0) is 6.54 Å². The van der Waals surface area contributed by atoms with Crippen molar-refractivity contribution in [3.05, 3.63) is 52.9 Å². The minimum absolute atomic E-state index is 0.272. The van der Waals surface area contributed by atoms with Crippen LogP contribution in [0.3, 0.4) is 0 Å². The van der Waals surface area contributed by atoms with E-state index in [4.69, 9.17) is 21.6 Å². The number of hydrogen-bond donors (Lipinski definition) is 0. The highest BCUT2D eigenvalue weighted by Gasteiger charge is 2.26. The Morgan fingerprint density at radius 2 is 2.29 bits per heavy atom. The van der Waals surface area contributed by atoms with E-state index in [0.29, 0.717) is 30.7 Å². The standard InChI is InChI=1S/C15H13ClN4O/c16-14-5-4-11-9-20(8-6-17)10-13(21-15(11)19-14)12-3-1-2-7-18-12/h1-5,7,13H,8-10H2. The third kappa shape index (κ3) is 3.13. The van der Waals surface area contributed by atoms with Gasteiger partial charge in [0, 0.05) is 24.8 Å². The first-order chi connectivity index (χ1) is 10.3. The molecule has 5 nitrogen and oxygen atoms in total. The van der Waals surface area contributed by atoms with Gasteiger partial charge in [-0.3, -0.25) is 9.88 Å². The number of fused-ring (bicyclic) bond motifs is 1. The molecule has 1 atom stereocenters. The molecule has 0 radical (unpaired) electrons. The molecule has 0 saturated carbocycles. The van der Waals surface area contributed by atoms with Crippen molar-refractivity contribution in [1.82, 2.24) is 14.9 Å². The first kappa shape index (κ1) is 13.8. The van der Waals surface area contributed by atoms with E-state index in [2.05, 4.69) is 16.0 Å². The van der Waals surface area contributed by atoms with E-state index in [1.165, 1.54) is 0 Å². The fourth-order valence-corrected chi connectivity index (χ4v) is 2.46. The Kier molecular flexibility index (Phi) is 4.00. The molecule has 0 fully saturated rings. The lowest BCUT2D eigenvalue weighted by Gasteiger charge is -2.20. The summed E-state index contributed by atoms with van der Waals surface area (Å²) in [5, 5.41) is 9.37. The molecule has 0 saturated heterocycles. The normalized spacial score (nSPS) is 18.2. The maximum Gasteiger partial charge on any atom is 0.220 e. The van der Waals surface area contributed by atoms with Crippen molar-refractivity contribution in [2.75, 3.05) is 13.1 Å². The summed E-state index contributed by atoms with van der Waals surface area (Å²) in [7, 11) is 0. The monoisotopic (exact) mass is 300 g/mol. The maximum atomic E-state index is 8.97. The molecule has 21 heavy (non-hydrogen) atoms. The topological polar surface area (TPSA) is 62.0 Å². The van der Waals surface area contributed by atoms with Crippen LogP contribution < -0.4 is 4.74 Å². The number of hydrogen-bond acceptors (Lipinski definition) is 5. The van der Waals surface area contributed by atoms with Gasteiger partial charge in [0.2, 0.25) is 5.88 Å². The van der Waals surface area contributed by atoms with Crippen molar-refractivity contribution >= 4 is 11.6 Å². The van der Waals surface area contributed by atoms with Gasteiger partial charge in [0.1, 0.15) is 5.15 Å². The number of rotatable bonds is 2. The van der Waals surface area contributed by atoms with Crippen LogP contribution in [0, 0.1) is 11.3 Å². The van der Waals surface area contributed by atoms with Crippen molar-refractivity contribution < 1.29 is 4.74 Å². The van der Waals surface area contributed by atoms with Gasteiger partial charge in [-0.1, -0.05) is 17.7 Å². The second kappa shape index (κ2) is 6.08. The Morgan fingerprint density at radius 1 is 1.38 bits per heavy atom. The highest BCUT2D eigenvalue weighted by Crippen LogP contribution is 2.29. The minimum atomic E-state index is -0.272. The summed E-state index contributed by atoms with van der Waals surface area (Å²) >= 11 is 5.95. The summed E-state index contributed by atoms with van der Waals surface area (Å²) in [5.41, 5.74) is 1.74. The molecule has 1 unspecified atom stereocenters. The quantitative estimate of drug-likeness (QED) is 0.630. The molecular formula is C15H13ClN4O. The number of aromatic nitrogens is 2. The second-order valence-corrected chi connectivity index (χ2v) is 5.17. The summed E-state index contributed by atoms with van der Waals surface area (Å²) in [6.07, 6.45) is 1.46. The van der Waals surface area contributed by atoms with Crippen molar-refractivity contribution in [2.45, 2.75) is 12.6 Å². The van der Waals surface area contributed by atoms with E-state index >= 15 is 0 Å².